The summed E-state index contributed by atoms with van der Waals surface area (Å²) in [6.45, 7) is 0.502. The molecule has 0 unspecified atom stereocenters. The lowest BCUT2D eigenvalue weighted by Gasteiger charge is -2.05. The maximum atomic E-state index is 10.8. The quantitative estimate of drug-likeness (QED) is 0.776. The molecule has 19 heavy (non-hydrogen) atoms. The number of carboxylic acids is 1. The molecule has 0 aliphatic heterocycles. The van der Waals surface area contributed by atoms with Gasteiger partial charge in [-0.2, -0.15) is 0 Å². The molecule has 0 radical (unpaired) electrons. The molecule has 5 nitrogen and oxygen atoms in total. The van der Waals surface area contributed by atoms with Gasteiger partial charge in [0.2, 0.25) is 0 Å². The van der Waals surface area contributed by atoms with E-state index in [-0.39, 0.29) is 5.69 Å². The molecule has 5 heteroatoms. The molecule has 3 aromatic rings. The predicted molar refractivity (Wildman–Crippen MR) is 70.0 cm³/mol. The van der Waals surface area contributed by atoms with E-state index in [9.17, 15) is 4.79 Å². The lowest BCUT2D eigenvalue weighted by molar-refractivity contribution is 0.0690. The summed E-state index contributed by atoms with van der Waals surface area (Å²) in [6, 6.07) is 14.1. The normalized spacial score (nSPS) is 10.7. The summed E-state index contributed by atoms with van der Waals surface area (Å²) in [6.07, 6.45) is 1.43. The molecule has 94 valence electrons. The Morgan fingerprint density at radius 2 is 1.95 bits per heavy atom. The first-order valence-electron chi connectivity index (χ1n) is 5.84. The summed E-state index contributed by atoms with van der Waals surface area (Å²) in [4.78, 5) is 10.8. The standard InChI is InChI=1S/C14H11N3O2/c18-14(19)13-9-17(16-15-13)8-11-6-3-5-10-4-1-2-7-12(10)11/h1-7,9H,8H2,(H,18,19). The average molecular weight is 253 g/mol. The van der Waals surface area contributed by atoms with Gasteiger partial charge >= 0.3 is 5.97 Å². The van der Waals surface area contributed by atoms with Crippen LogP contribution in [-0.4, -0.2) is 26.1 Å². The molecule has 0 saturated carbocycles. The fourth-order valence-corrected chi connectivity index (χ4v) is 2.08. The fraction of sp³-hybridized carbons (Fsp3) is 0.0714. The van der Waals surface area contributed by atoms with Crippen LogP contribution in [0.1, 0.15) is 16.1 Å². The van der Waals surface area contributed by atoms with E-state index in [2.05, 4.69) is 10.3 Å². The molecule has 0 bridgehead atoms. The number of fused-ring (bicyclic) bond motifs is 1. The van der Waals surface area contributed by atoms with Gasteiger partial charge in [-0.1, -0.05) is 47.7 Å². The molecule has 1 N–H and O–H groups in total. The summed E-state index contributed by atoms with van der Waals surface area (Å²) in [5.41, 5.74) is 1.04. The van der Waals surface area contributed by atoms with Crippen molar-refractivity contribution in [3.8, 4) is 0 Å². The van der Waals surface area contributed by atoms with Gasteiger partial charge in [-0.3, -0.25) is 0 Å². The Morgan fingerprint density at radius 3 is 2.74 bits per heavy atom. The van der Waals surface area contributed by atoms with Crippen molar-refractivity contribution in [1.29, 1.82) is 0 Å². The largest absolute Gasteiger partial charge is 0.476 e. The summed E-state index contributed by atoms with van der Waals surface area (Å²) in [7, 11) is 0. The van der Waals surface area contributed by atoms with Crippen LogP contribution in [0.2, 0.25) is 0 Å². The number of nitrogens with zero attached hydrogens (tertiary/aromatic N) is 3. The minimum Gasteiger partial charge on any atom is -0.476 e. The van der Waals surface area contributed by atoms with E-state index in [1.165, 1.54) is 10.9 Å². The van der Waals surface area contributed by atoms with Crippen molar-refractivity contribution in [2.45, 2.75) is 6.54 Å². The highest BCUT2D eigenvalue weighted by atomic mass is 16.4. The van der Waals surface area contributed by atoms with Crippen LogP contribution in [0.4, 0.5) is 0 Å². The molecule has 0 aliphatic carbocycles. The zero-order chi connectivity index (χ0) is 13.2. The Kier molecular flexibility index (Phi) is 2.72. The maximum Gasteiger partial charge on any atom is 0.358 e. The Bertz CT molecular complexity index is 744. The van der Waals surface area contributed by atoms with Crippen LogP contribution in [0.5, 0.6) is 0 Å². The van der Waals surface area contributed by atoms with Gasteiger partial charge < -0.3 is 5.11 Å². The molecular weight excluding hydrogens is 242 g/mol. The van der Waals surface area contributed by atoms with Gasteiger partial charge in [-0.15, -0.1) is 5.10 Å². The Labute approximate surface area is 109 Å². The number of carbonyl (C=O) groups is 1. The Morgan fingerprint density at radius 1 is 1.16 bits per heavy atom. The van der Waals surface area contributed by atoms with Gasteiger partial charge in [0.05, 0.1) is 12.7 Å². The van der Waals surface area contributed by atoms with Crippen LogP contribution in [0.15, 0.2) is 48.7 Å². The Hall–Kier alpha value is -2.69. The molecule has 0 atom stereocenters. The van der Waals surface area contributed by atoms with E-state index in [1.54, 1.807) is 0 Å². The third-order valence-electron chi connectivity index (χ3n) is 2.97. The van der Waals surface area contributed by atoms with E-state index in [0.29, 0.717) is 6.54 Å². The van der Waals surface area contributed by atoms with E-state index in [1.807, 2.05) is 42.5 Å². The highest BCUT2D eigenvalue weighted by Gasteiger charge is 2.09. The van der Waals surface area contributed by atoms with Crippen LogP contribution in [0, 0.1) is 0 Å². The zero-order valence-corrected chi connectivity index (χ0v) is 10.0. The molecule has 3 rings (SSSR count). The molecule has 0 amide bonds. The minimum atomic E-state index is -1.07. The van der Waals surface area contributed by atoms with E-state index in [0.717, 1.165) is 16.3 Å². The highest BCUT2D eigenvalue weighted by molar-refractivity contribution is 5.86. The van der Waals surface area contributed by atoms with Crippen LogP contribution in [0.3, 0.4) is 0 Å². The molecule has 0 spiro atoms. The average Bonchev–Trinajstić information content (AvgIpc) is 2.88. The van der Waals surface area contributed by atoms with Crippen molar-refractivity contribution in [2.24, 2.45) is 0 Å². The first-order chi connectivity index (χ1) is 9.24. The van der Waals surface area contributed by atoms with Crippen molar-refractivity contribution < 1.29 is 9.90 Å². The first-order valence-corrected chi connectivity index (χ1v) is 5.84. The molecule has 0 fully saturated rings. The molecule has 1 heterocycles. The third-order valence-corrected chi connectivity index (χ3v) is 2.97. The van der Waals surface area contributed by atoms with Gasteiger partial charge in [-0.25, -0.2) is 9.48 Å². The summed E-state index contributed by atoms with van der Waals surface area (Å²) < 4.78 is 1.53. The number of hydrogen-bond donors (Lipinski definition) is 1. The summed E-state index contributed by atoms with van der Waals surface area (Å²) in [5.74, 6) is -1.07. The van der Waals surface area contributed by atoms with Gasteiger partial charge in [-0.05, 0) is 16.3 Å². The molecule has 0 aliphatic rings. The first kappa shape index (κ1) is 11.4. The lowest BCUT2D eigenvalue weighted by Crippen LogP contribution is -2.01. The highest BCUT2D eigenvalue weighted by Crippen LogP contribution is 2.19. The van der Waals surface area contributed by atoms with Crippen molar-refractivity contribution in [3.63, 3.8) is 0 Å². The molecular formula is C14H11N3O2. The predicted octanol–water partition coefficient (Wildman–Crippen LogP) is 2.18. The zero-order valence-electron chi connectivity index (χ0n) is 10.0. The van der Waals surface area contributed by atoms with Gasteiger partial charge in [0.25, 0.3) is 0 Å². The second-order valence-electron chi connectivity index (χ2n) is 4.24. The van der Waals surface area contributed by atoms with Crippen molar-refractivity contribution in [1.82, 2.24) is 15.0 Å². The van der Waals surface area contributed by atoms with Crippen LogP contribution < -0.4 is 0 Å². The van der Waals surface area contributed by atoms with E-state index >= 15 is 0 Å². The minimum absolute atomic E-state index is 0.0414. The van der Waals surface area contributed by atoms with Crippen molar-refractivity contribution >= 4 is 16.7 Å². The van der Waals surface area contributed by atoms with E-state index in [4.69, 9.17) is 5.11 Å². The van der Waals surface area contributed by atoms with Crippen LogP contribution in [-0.2, 0) is 6.54 Å². The summed E-state index contributed by atoms with van der Waals surface area (Å²) in [5, 5.41) is 18.5. The molecule has 2 aromatic carbocycles. The topological polar surface area (TPSA) is 68.0 Å². The maximum absolute atomic E-state index is 10.8. The smallest absolute Gasteiger partial charge is 0.358 e. The fourth-order valence-electron chi connectivity index (χ4n) is 2.08. The molecule has 1 aromatic heterocycles. The number of aromatic nitrogens is 3. The van der Waals surface area contributed by atoms with Crippen molar-refractivity contribution in [3.05, 3.63) is 59.9 Å². The molecule has 0 saturated heterocycles. The Balaban J connectivity index is 1.98. The van der Waals surface area contributed by atoms with Crippen LogP contribution >= 0.6 is 0 Å². The van der Waals surface area contributed by atoms with E-state index < -0.39 is 5.97 Å². The van der Waals surface area contributed by atoms with Gasteiger partial charge in [0.15, 0.2) is 5.69 Å². The van der Waals surface area contributed by atoms with Crippen molar-refractivity contribution in [2.75, 3.05) is 0 Å². The monoisotopic (exact) mass is 253 g/mol. The number of aromatic carboxylic acids is 1. The third kappa shape index (κ3) is 2.18. The van der Waals surface area contributed by atoms with Gasteiger partial charge in [0, 0.05) is 0 Å². The second-order valence-corrected chi connectivity index (χ2v) is 4.24. The second kappa shape index (κ2) is 4.53. The number of hydrogen-bond acceptors (Lipinski definition) is 3. The number of carboxylic acid groups (broad SMARTS) is 1. The number of benzene rings is 2. The lowest BCUT2D eigenvalue weighted by atomic mass is 10.0. The SMILES string of the molecule is O=C(O)c1cn(Cc2cccc3ccccc23)nn1. The van der Waals surface area contributed by atoms with Crippen LogP contribution in [0.25, 0.3) is 10.8 Å². The van der Waals surface area contributed by atoms with Gasteiger partial charge in [0.1, 0.15) is 0 Å². The number of rotatable bonds is 3. The summed E-state index contributed by atoms with van der Waals surface area (Å²) >= 11 is 0.